The number of rotatable bonds is 3. The Morgan fingerprint density at radius 2 is 1.96 bits per heavy atom. The Bertz CT molecular complexity index is 589. The molecule has 7 nitrogen and oxygen atoms in total. The van der Waals surface area contributed by atoms with Crippen molar-refractivity contribution in [1.29, 1.82) is 0 Å². The molecule has 132 valence electrons. The number of nitrogens with zero attached hydrogens (tertiary/aromatic N) is 3. The molecule has 0 aromatic carbocycles. The lowest BCUT2D eigenvalue weighted by Crippen LogP contribution is -2.53. The second-order valence-corrected chi connectivity index (χ2v) is 7.15. The van der Waals surface area contributed by atoms with Crippen molar-refractivity contribution in [2.45, 2.75) is 58.5 Å². The molecule has 0 unspecified atom stereocenters. The summed E-state index contributed by atoms with van der Waals surface area (Å²) >= 11 is 0. The number of aryl methyl sites for hydroxylation is 1. The van der Waals surface area contributed by atoms with Crippen LogP contribution in [0.3, 0.4) is 0 Å². The van der Waals surface area contributed by atoms with E-state index in [1.54, 1.807) is 11.1 Å². The van der Waals surface area contributed by atoms with Gasteiger partial charge in [-0.15, -0.1) is 0 Å². The first-order valence-corrected chi connectivity index (χ1v) is 8.47. The minimum absolute atomic E-state index is 0.0444. The number of likely N-dealkylation sites (tertiary alicyclic amines) is 1. The summed E-state index contributed by atoms with van der Waals surface area (Å²) in [6, 6.07) is 0.0260. The van der Waals surface area contributed by atoms with Crippen LogP contribution >= 0.6 is 0 Å². The van der Waals surface area contributed by atoms with E-state index in [4.69, 9.17) is 0 Å². The van der Waals surface area contributed by atoms with Crippen LogP contribution in [0.25, 0.3) is 0 Å². The molecule has 2 N–H and O–H groups in total. The van der Waals surface area contributed by atoms with Crippen LogP contribution in [0, 0.1) is 0 Å². The van der Waals surface area contributed by atoms with Crippen LogP contribution in [-0.4, -0.2) is 51.5 Å². The van der Waals surface area contributed by atoms with Gasteiger partial charge in [0, 0.05) is 30.9 Å². The molecule has 0 aliphatic carbocycles. The van der Waals surface area contributed by atoms with Gasteiger partial charge in [0.1, 0.15) is 6.33 Å². The van der Waals surface area contributed by atoms with Gasteiger partial charge in [0.15, 0.2) is 0 Å². The lowest BCUT2D eigenvalue weighted by molar-refractivity contribution is 0.0915. The van der Waals surface area contributed by atoms with Crippen molar-refractivity contribution in [2.24, 2.45) is 0 Å². The fourth-order valence-corrected chi connectivity index (χ4v) is 2.72. The first-order valence-electron chi connectivity index (χ1n) is 8.47. The Balaban J connectivity index is 1.87. The van der Waals surface area contributed by atoms with Crippen molar-refractivity contribution in [3.63, 3.8) is 0 Å². The molecule has 7 heteroatoms. The SMILES string of the molecule is CCc1ncncc1C(=O)NC1CCN(C(=O)NC(C)(C)C)CC1. The fourth-order valence-electron chi connectivity index (χ4n) is 2.72. The van der Waals surface area contributed by atoms with Gasteiger partial charge in [-0.3, -0.25) is 4.79 Å². The molecule has 24 heavy (non-hydrogen) atoms. The van der Waals surface area contributed by atoms with Crippen LogP contribution in [0.15, 0.2) is 12.5 Å². The number of nitrogens with one attached hydrogen (secondary N) is 2. The largest absolute Gasteiger partial charge is 0.349 e. The van der Waals surface area contributed by atoms with Crippen LogP contribution < -0.4 is 10.6 Å². The molecule has 0 atom stereocenters. The molecule has 1 fully saturated rings. The van der Waals surface area contributed by atoms with E-state index in [2.05, 4.69) is 20.6 Å². The molecule has 1 aromatic rings. The third-order valence-corrected chi connectivity index (χ3v) is 3.97. The van der Waals surface area contributed by atoms with E-state index in [-0.39, 0.29) is 23.5 Å². The molecule has 2 rings (SSSR count). The van der Waals surface area contributed by atoms with Crippen LogP contribution in [0.4, 0.5) is 4.79 Å². The maximum absolute atomic E-state index is 12.4. The second kappa shape index (κ2) is 7.59. The fraction of sp³-hybridized carbons (Fsp3) is 0.647. The molecule has 1 saturated heterocycles. The van der Waals surface area contributed by atoms with Crippen LogP contribution in [0.2, 0.25) is 0 Å². The molecule has 3 amide bonds. The Morgan fingerprint density at radius 3 is 2.54 bits per heavy atom. The zero-order valence-corrected chi connectivity index (χ0v) is 14.9. The predicted molar refractivity (Wildman–Crippen MR) is 91.8 cm³/mol. The summed E-state index contributed by atoms with van der Waals surface area (Å²) in [5, 5.41) is 6.01. The third-order valence-electron chi connectivity index (χ3n) is 3.97. The smallest absolute Gasteiger partial charge is 0.317 e. The highest BCUT2D eigenvalue weighted by atomic mass is 16.2. The number of aromatic nitrogens is 2. The molecule has 0 radical (unpaired) electrons. The highest BCUT2D eigenvalue weighted by Gasteiger charge is 2.26. The maximum Gasteiger partial charge on any atom is 0.317 e. The number of hydrogen-bond donors (Lipinski definition) is 2. The molecular weight excluding hydrogens is 306 g/mol. The first-order chi connectivity index (χ1) is 11.3. The standard InChI is InChI=1S/C17H27N5O2/c1-5-14-13(10-18-11-19-14)15(23)20-12-6-8-22(9-7-12)16(24)21-17(2,3)4/h10-12H,5-9H2,1-4H3,(H,20,23)(H,21,24). The summed E-state index contributed by atoms with van der Waals surface area (Å²) in [4.78, 5) is 34.5. The predicted octanol–water partition coefficient (Wildman–Crippen LogP) is 1.74. The summed E-state index contributed by atoms with van der Waals surface area (Å²) in [6.45, 7) is 9.13. The zero-order valence-electron chi connectivity index (χ0n) is 14.9. The molecule has 0 saturated carbocycles. The van der Waals surface area contributed by atoms with E-state index in [0.29, 0.717) is 25.1 Å². The van der Waals surface area contributed by atoms with Crippen LogP contribution in [0.1, 0.15) is 56.6 Å². The van der Waals surface area contributed by atoms with E-state index < -0.39 is 0 Å². The molecule has 1 aliphatic heterocycles. The number of carbonyl (C=O) groups is 2. The van der Waals surface area contributed by atoms with Gasteiger partial charge in [0.05, 0.1) is 11.3 Å². The minimum atomic E-state index is -0.244. The summed E-state index contributed by atoms with van der Waals surface area (Å²) in [5.74, 6) is -0.134. The van der Waals surface area contributed by atoms with Gasteiger partial charge >= 0.3 is 6.03 Å². The summed E-state index contributed by atoms with van der Waals surface area (Å²) in [6.07, 6.45) is 5.21. The quantitative estimate of drug-likeness (QED) is 0.882. The van der Waals surface area contributed by atoms with Gasteiger partial charge < -0.3 is 15.5 Å². The first kappa shape index (κ1) is 18.2. The average Bonchev–Trinajstić information content (AvgIpc) is 2.53. The number of piperidine rings is 1. The topological polar surface area (TPSA) is 87.2 Å². The van der Waals surface area contributed by atoms with Crippen molar-refractivity contribution in [3.05, 3.63) is 23.8 Å². The highest BCUT2D eigenvalue weighted by molar-refractivity contribution is 5.95. The lowest BCUT2D eigenvalue weighted by Gasteiger charge is -2.34. The normalized spacial score (nSPS) is 15.9. The molecule has 1 aliphatic rings. The van der Waals surface area contributed by atoms with Gasteiger partial charge in [-0.05, 0) is 40.0 Å². The van der Waals surface area contributed by atoms with E-state index in [9.17, 15) is 9.59 Å². The van der Waals surface area contributed by atoms with Crippen molar-refractivity contribution in [3.8, 4) is 0 Å². The number of amides is 3. The lowest BCUT2D eigenvalue weighted by atomic mass is 10.0. The van der Waals surface area contributed by atoms with Crippen LogP contribution in [0.5, 0.6) is 0 Å². The van der Waals surface area contributed by atoms with Gasteiger partial charge in [0.25, 0.3) is 5.91 Å². The van der Waals surface area contributed by atoms with Crippen LogP contribution in [-0.2, 0) is 6.42 Å². The van der Waals surface area contributed by atoms with Gasteiger partial charge in [-0.2, -0.15) is 0 Å². The number of hydrogen-bond acceptors (Lipinski definition) is 4. The molecule has 2 heterocycles. The summed E-state index contributed by atoms with van der Waals surface area (Å²) in [7, 11) is 0. The molecule has 1 aromatic heterocycles. The zero-order chi connectivity index (χ0) is 17.7. The van der Waals surface area contributed by atoms with Gasteiger partial charge in [-0.25, -0.2) is 14.8 Å². The number of carbonyl (C=O) groups excluding carboxylic acids is 2. The van der Waals surface area contributed by atoms with E-state index in [1.807, 2.05) is 27.7 Å². The molecule has 0 bridgehead atoms. The highest BCUT2D eigenvalue weighted by Crippen LogP contribution is 2.13. The average molecular weight is 333 g/mol. The Morgan fingerprint density at radius 1 is 1.29 bits per heavy atom. The van der Waals surface area contributed by atoms with E-state index in [0.717, 1.165) is 18.5 Å². The van der Waals surface area contributed by atoms with Crippen molar-refractivity contribution < 1.29 is 9.59 Å². The monoisotopic (exact) mass is 333 g/mol. The minimum Gasteiger partial charge on any atom is -0.349 e. The molecular formula is C17H27N5O2. The Labute approximate surface area is 143 Å². The Kier molecular flexibility index (Phi) is 5.75. The summed E-state index contributed by atoms with van der Waals surface area (Å²) in [5.41, 5.74) is 1.05. The third kappa shape index (κ3) is 4.91. The van der Waals surface area contributed by atoms with E-state index in [1.165, 1.54) is 6.33 Å². The van der Waals surface area contributed by atoms with Crippen molar-refractivity contribution >= 4 is 11.9 Å². The maximum atomic E-state index is 12.4. The van der Waals surface area contributed by atoms with Crippen molar-refractivity contribution in [1.82, 2.24) is 25.5 Å². The van der Waals surface area contributed by atoms with Gasteiger partial charge in [-0.1, -0.05) is 6.92 Å². The summed E-state index contributed by atoms with van der Waals surface area (Å²) < 4.78 is 0. The molecule has 0 spiro atoms. The van der Waals surface area contributed by atoms with Gasteiger partial charge in [0.2, 0.25) is 0 Å². The second-order valence-electron chi connectivity index (χ2n) is 7.15. The Hall–Kier alpha value is -2.18. The van der Waals surface area contributed by atoms with Crippen molar-refractivity contribution in [2.75, 3.05) is 13.1 Å². The van der Waals surface area contributed by atoms with E-state index >= 15 is 0 Å². The number of urea groups is 1.